The second kappa shape index (κ2) is 11.2. The van der Waals surface area contributed by atoms with Crippen LogP contribution in [0.15, 0.2) is 150 Å². The van der Waals surface area contributed by atoms with Crippen molar-refractivity contribution >= 4 is 50.6 Å². The zero-order chi connectivity index (χ0) is 33.6. The van der Waals surface area contributed by atoms with Crippen molar-refractivity contribution in [1.29, 1.82) is 0 Å². The van der Waals surface area contributed by atoms with Crippen molar-refractivity contribution in [2.24, 2.45) is 17.8 Å². The smallest absolute Gasteiger partial charge is 0.137 e. The van der Waals surface area contributed by atoms with E-state index in [0.29, 0.717) is 17.8 Å². The van der Waals surface area contributed by atoms with Gasteiger partial charge in [-0.15, -0.1) is 0 Å². The van der Waals surface area contributed by atoms with Crippen LogP contribution in [0.5, 0.6) is 0 Å². The van der Waals surface area contributed by atoms with E-state index in [4.69, 9.17) is 16.0 Å². The van der Waals surface area contributed by atoms with E-state index in [2.05, 4.69) is 146 Å². The Morgan fingerprint density at radius 3 is 2.22 bits per heavy atom. The molecule has 3 aliphatic carbocycles. The summed E-state index contributed by atoms with van der Waals surface area (Å²) in [5.74, 6) is 1.92. The Hall–Kier alpha value is -5.05. The molecule has 7 aromatic rings. The number of allylic oxidation sites excluding steroid dienone is 2. The molecule has 2 nitrogen and oxygen atoms in total. The predicted molar refractivity (Wildman–Crippen MR) is 209 cm³/mol. The molecule has 10 rings (SSSR count). The normalized spacial score (nSPS) is 22.1. The Kier molecular flexibility index (Phi) is 6.70. The third-order valence-electron chi connectivity index (χ3n) is 12.0. The van der Waals surface area contributed by atoms with E-state index in [1.165, 1.54) is 58.2 Å². The van der Waals surface area contributed by atoms with Gasteiger partial charge in [0.25, 0.3) is 0 Å². The lowest BCUT2D eigenvalue weighted by Crippen LogP contribution is -2.42. The SMILES string of the molecule is CC1=CC2(c3ccccc3-c3cc(Cl)c(N(c4ccc(-c5ccccc5)cc4)c4ccc5c(c4)oc4ccccc45)cc32)C2CC(C)CC1C2. The molecule has 1 saturated carbocycles. The Bertz CT molecular complexity index is 2470. The molecule has 0 aliphatic heterocycles. The molecule has 0 saturated heterocycles. The molecule has 0 N–H and O–H groups in total. The van der Waals surface area contributed by atoms with Crippen LogP contribution in [-0.4, -0.2) is 0 Å². The van der Waals surface area contributed by atoms with Gasteiger partial charge < -0.3 is 9.32 Å². The van der Waals surface area contributed by atoms with Gasteiger partial charge in [-0.05, 0) is 120 Å². The predicted octanol–water partition coefficient (Wildman–Crippen LogP) is 13.7. The van der Waals surface area contributed by atoms with Crippen molar-refractivity contribution in [2.75, 3.05) is 4.90 Å². The monoisotopic (exact) mass is 667 g/mol. The molecule has 0 amide bonds. The number of anilines is 3. The summed E-state index contributed by atoms with van der Waals surface area (Å²) in [5.41, 5.74) is 13.9. The molecular formula is C47H38ClNO. The Labute approximate surface area is 298 Å². The number of fused-ring (bicyclic) bond motifs is 11. The number of hydrogen-bond acceptors (Lipinski definition) is 2. The first-order valence-electron chi connectivity index (χ1n) is 18.0. The van der Waals surface area contributed by atoms with Crippen molar-refractivity contribution in [2.45, 2.75) is 38.5 Å². The van der Waals surface area contributed by atoms with Gasteiger partial charge in [0.2, 0.25) is 0 Å². The van der Waals surface area contributed by atoms with Gasteiger partial charge in [0.15, 0.2) is 0 Å². The summed E-state index contributed by atoms with van der Waals surface area (Å²) >= 11 is 7.48. The fraction of sp³-hybridized carbons (Fsp3) is 0.191. The van der Waals surface area contributed by atoms with Crippen LogP contribution >= 0.6 is 11.6 Å². The first-order valence-corrected chi connectivity index (χ1v) is 18.4. The van der Waals surface area contributed by atoms with Crippen LogP contribution in [0.1, 0.15) is 44.2 Å². The topological polar surface area (TPSA) is 16.4 Å². The van der Waals surface area contributed by atoms with Gasteiger partial charge in [0.05, 0.1) is 10.7 Å². The van der Waals surface area contributed by atoms with Crippen LogP contribution in [0, 0.1) is 17.8 Å². The second-order valence-electron chi connectivity index (χ2n) is 14.9. The minimum Gasteiger partial charge on any atom is -0.456 e. The van der Waals surface area contributed by atoms with E-state index in [0.717, 1.165) is 44.0 Å². The third kappa shape index (κ3) is 4.41. The average Bonchev–Trinajstić information content (AvgIpc) is 3.64. The second-order valence-corrected chi connectivity index (χ2v) is 15.3. The minimum atomic E-state index is -0.175. The van der Waals surface area contributed by atoms with Gasteiger partial charge >= 0.3 is 0 Å². The number of furan rings is 1. The van der Waals surface area contributed by atoms with Gasteiger partial charge in [0.1, 0.15) is 11.2 Å². The highest BCUT2D eigenvalue weighted by Crippen LogP contribution is 2.62. The molecule has 1 heterocycles. The summed E-state index contributed by atoms with van der Waals surface area (Å²) in [4.78, 5) is 2.33. The van der Waals surface area contributed by atoms with E-state index >= 15 is 0 Å². The summed E-state index contributed by atoms with van der Waals surface area (Å²) in [7, 11) is 0. The van der Waals surface area contributed by atoms with E-state index in [1.807, 2.05) is 12.1 Å². The first kappa shape index (κ1) is 29.8. The van der Waals surface area contributed by atoms with Gasteiger partial charge in [0, 0.05) is 33.6 Å². The number of halogens is 1. The first-order chi connectivity index (χ1) is 24.5. The maximum absolute atomic E-state index is 7.48. The van der Waals surface area contributed by atoms with Crippen LogP contribution in [0.2, 0.25) is 5.02 Å². The van der Waals surface area contributed by atoms with Crippen LogP contribution in [0.3, 0.4) is 0 Å². The van der Waals surface area contributed by atoms with Gasteiger partial charge in [-0.3, -0.25) is 0 Å². The number of para-hydroxylation sites is 1. The molecular weight excluding hydrogens is 630 g/mol. The highest BCUT2D eigenvalue weighted by Gasteiger charge is 2.52. The molecule has 50 heavy (non-hydrogen) atoms. The largest absolute Gasteiger partial charge is 0.456 e. The molecule has 4 atom stereocenters. The molecule has 4 unspecified atom stereocenters. The van der Waals surface area contributed by atoms with Crippen LogP contribution < -0.4 is 4.90 Å². The number of rotatable bonds is 4. The standard InChI is InChI=1S/C47H38ClNO/c1-29-22-33-24-34(23-29)47(28-30(33)2)41-14-8-6-12-37(41)40-26-43(48)44(27-42(40)47)49(35-18-16-32(17-19-35)31-10-4-3-5-11-31)36-20-21-39-38-13-7-9-15-45(38)50-46(39)25-36/h3-21,25-29,33-34H,22-24H2,1-2H3. The fourth-order valence-corrected chi connectivity index (χ4v) is 10.0. The maximum atomic E-state index is 7.48. The lowest BCUT2D eigenvalue weighted by molar-refractivity contribution is 0.168. The summed E-state index contributed by atoms with van der Waals surface area (Å²) in [6.07, 6.45) is 6.43. The maximum Gasteiger partial charge on any atom is 0.137 e. The van der Waals surface area contributed by atoms with E-state index in [9.17, 15) is 0 Å². The van der Waals surface area contributed by atoms with Crippen molar-refractivity contribution in [3.05, 3.63) is 161 Å². The molecule has 244 valence electrons. The molecule has 0 radical (unpaired) electrons. The van der Waals surface area contributed by atoms with Crippen molar-refractivity contribution in [1.82, 2.24) is 0 Å². The average molecular weight is 668 g/mol. The Morgan fingerprint density at radius 1 is 0.640 bits per heavy atom. The van der Waals surface area contributed by atoms with E-state index in [-0.39, 0.29) is 5.41 Å². The molecule has 3 heteroatoms. The zero-order valence-electron chi connectivity index (χ0n) is 28.4. The van der Waals surface area contributed by atoms with Gasteiger partial charge in [-0.25, -0.2) is 0 Å². The Morgan fingerprint density at radius 2 is 1.36 bits per heavy atom. The lowest BCUT2D eigenvalue weighted by atomic mass is 9.55. The lowest BCUT2D eigenvalue weighted by Gasteiger charge is -2.49. The van der Waals surface area contributed by atoms with Crippen LogP contribution in [-0.2, 0) is 5.41 Å². The molecule has 1 spiro atoms. The number of hydrogen-bond donors (Lipinski definition) is 0. The van der Waals surface area contributed by atoms with E-state index in [1.54, 1.807) is 0 Å². The molecule has 3 aliphatic rings. The highest BCUT2D eigenvalue weighted by atomic mass is 35.5. The zero-order valence-corrected chi connectivity index (χ0v) is 29.1. The van der Waals surface area contributed by atoms with Crippen LogP contribution in [0.25, 0.3) is 44.2 Å². The summed E-state index contributed by atoms with van der Waals surface area (Å²) in [6.45, 7) is 4.83. The van der Waals surface area contributed by atoms with E-state index < -0.39 is 0 Å². The summed E-state index contributed by atoms with van der Waals surface area (Å²) < 4.78 is 6.43. The molecule has 1 aromatic heterocycles. The Balaban J connectivity index is 1.20. The highest BCUT2D eigenvalue weighted by molar-refractivity contribution is 6.34. The summed E-state index contributed by atoms with van der Waals surface area (Å²) in [5, 5.41) is 2.98. The fourth-order valence-electron chi connectivity index (χ4n) is 9.77. The van der Waals surface area contributed by atoms with Gasteiger partial charge in [-0.2, -0.15) is 0 Å². The van der Waals surface area contributed by atoms with Crippen molar-refractivity contribution < 1.29 is 4.42 Å². The quantitative estimate of drug-likeness (QED) is 0.174. The third-order valence-corrected chi connectivity index (χ3v) is 12.3. The number of benzene rings is 6. The van der Waals surface area contributed by atoms with Crippen molar-refractivity contribution in [3.8, 4) is 22.3 Å². The molecule has 2 bridgehead atoms. The minimum absolute atomic E-state index is 0.175. The van der Waals surface area contributed by atoms with Gasteiger partial charge in [-0.1, -0.05) is 115 Å². The van der Waals surface area contributed by atoms with Crippen LogP contribution in [0.4, 0.5) is 17.1 Å². The molecule has 1 fully saturated rings. The van der Waals surface area contributed by atoms with Crippen molar-refractivity contribution in [3.63, 3.8) is 0 Å². The summed E-state index contributed by atoms with van der Waals surface area (Å²) in [6, 6.07) is 48.0. The number of nitrogens with zero attached hydrogens (tertiary/aromatic N) is 1. The molecule has 6 aromatic carbocycles.